The maximum Gasteiger partial charge on any atom is 0.191 e. The van der Waals surface area contributed by atoms with Crippen molar-refractivity contribution in [1.29, 1.82) is 0 Å². The minimum atomic E-state index is -0.191. The molecule has 0 amide bonds. The SMILES string of the molecule is C=C(C)c1nc(N2CCCc3c2nnc(Nc2nc4ccccc4s2)c3C)sc1CCCCc1ccc(C#CCNCCCCN)cc1F. The van der Waals surface area contributed by atoms with E-state index in [9.17, 15) is 4.39 Å². The van der Waals surface area contributed by atoms with Crippen LogP contribution in [0.15, 0.2) is 49.0 Å². The molecule has 6 rings (SSSR count). The van der Waals surface area contributed by atoms with Crippen LogP contribution < -0.4 is 21.3 Å². The number of hydrogen-bond acceptors (Lipinski definition) is 10. The van der Waals surface area contributed by atoms with Crippen molar-refractivity contribution in [3.8, 4) is 11.8 Å². The summed E-state index contributed by atoms with van der Waals surface area (Å²) >= 11 is 3.31. The van der Waals surface area contributed by atoms with Crippen LogP contribution in [0.5, 0.6) is 0 Å². The number of nitrogens with one attached hydrogen (secondary N) is 2. The van der Waals surface area contributed by atoms with E-state index in [1.807, 2.05) is 37.3 Å². The highest BCUT2D eigenvalue weighted by molar-refractivity contribution is 7.22. The first kappa shape index (κ1) is 34.6. The van der Waals surface area contributed by atoms with Crippen molar-refractivity contribution in [3.63, 3.8) is 0 Å². The van der Waals surface area contributed by atoms with Gasteiger partial charge in [0.1, 0.15) is 5.82 Å². The molecule has 0 saturated carbocycles. The van der Waals surface area contributed by atoms with Crippen molar-refractivity contribution >= 4 is 60.4 Å². The molecule has 1 aliphatic rings. The second-order valence-corrected chi connectivity index (χ2v) is 14.5. The monoisotopic (exact) mass is 694 g/mol. The number of rotatable bonds is 14. The fourth-order valence-corrected chi connectivity index (χ4v) is 8.06. The fourth-order valence-electron chi connectivity index (χ4n) is 5.99. The van der Waals surface area contributed by atoms with Gasteiger partial charge in [-0.15, -0.1) is 21.5 Å². The van der Waals surface area contributed by atoms with Crippen molar-refractivity contribution in [2.45, 2.75) is 65.2 Å². The standard InChI is InChI=1S/C38H43FN8S2/c1-25(2)34-33(17-6-4-13-28-19-18-27(24-30(28)39)12-10-22-41-21-9-8-20-40)49-38(43-34)47-23-11-14-29-26(3)35(45-46-36(29)47)44-37-42-31-15-5-7-16-32(31)48-37/h5,7,15-16,18-19,24,41H,1,4,6,8-9,11,13-14,17,20-23,40H2,2-3H3,(H,42,44,45). The number of nitrogens with zero attached hydrogens (tertiary/aromatic N) is 5. The number of fused-ring (bicyclic) bond motifs is 2. The third-order valence-electron chi connectivity index (χ3n) is 8.63. The van der Waals surface area contributed by atoms with Crippen LogP contribution in [0, 0.1) is 24.6 Å². The predicted octanol–water partition coefficient (Wildman–Crippen LogP) is 8.10. The van der Waals surface area contributed by atoms with Crippen LogP contribution in [0.2, 0.25) is 0 Å². The van der Waals surface area contributed by atoms with Gasteiger partial charge in [0.2, 0.25) is 0 Å². The molecule has 0 spiro atoms. The molecule has 49 heavy (non-hydrogen) atoms. The molecule has 5 aromatic rings. The van der Waals surface area contributed by atoms with Gasteiger partial charge in [-0.05, 0) is 114 Å². The Hall–Kier alpha value is -4.21. The third kappa shape index (κ3) is 8.51. The fraction of sp³-hybridized carbons (Fsp3) is 0.368. The van der Waals surface area contributed by atoms with E-state index in [0.717, 1.165) is 113 Å². The smallest absolute Gasteiger partial charge is 0.191 e. The van der Waals surface area contributed by atoms with Crippen molar-refractivity contribution in [2.75, 3.05) is 36.4 Å². The maximum absolute atomic E-state index is 14.9. The number of thiazole rings is 2. The summed E-state index contributed by atoms with van der Waals surface area (Å²) in [5, 5.41) is 17.7. The molecule has 0 bridgehead atoms. The number of aromatic nitrogens is 4. The van der Waals surface area contributed by atoms with Gasteiger partial charge in [-0.25, -0.2) is 14.4 Å². The van der Waals surface area contributed by atoms with E-state index in [1.165, 1.54) is 10.4 Å². The highest BCUT2D eigenvalue weighted by atomic mass is 32.1. The van der Waals surface area contributed by atoms with Gasteiger partial charge in [-0.2, -0.15) is 0 Å². The zero-order valence-electron chi connectivity index (χ0n) is 28.2. The second kappa shape index (κ2) is 16.5. The van der Waals surface area contributed by atoms with Gasteiger partial charge in [0, 0.05) is 28.1 Å². The molecule has 0 radical (unpaired) electrons. The van der Waals surface area contributed by atoms with Crippen molar-refractivity contribution < 1.29 is 4.39 Å². The molecule has 3 aromatic heterocycles. The molecule has 2 aromatic carbocycles. The first-order chi connectivity index (χ1) is 23.9. The number of hydrogen-bond donors (Lipinski definition) is 3. The Morgan fingerprint density at radius 2 is 1.92 bits per heavy atom. The Morgan fingerprint density at radius 3 is 2.73 bits per heavy atom. The molecule has 0 unspecified atom stereocenters. The Labute approximate surface area is 296 Å². The van der Waals surface area contributed by atoms with Crippen LogP contribution in [0.25, 0.3) is 15.8 Å². The second-order valence-electron chi connectivity index (χ2n) is 12.4. The summed E-state index contributed by atoms with van der Waals surface area (Å²) in [5.74, 6) is 7.55. The van der Waals surface area contributed by atoms with Gasteiger partial charge >= 0.3 is 0 Å². The summed E-state index contributed by atoms with van der Waals surface area (Å²) in [4.78, 5) is 13.2. The Kier molecular flexibility index (Phi) is 11.6. The van der Waals surface area contributed by atoms with Crippen molar-refractivity contribution in [1.82, 2.24) is 25.5 Å². The quantitative estimate of drug-likeness (QED) is 0.0792. The van der Waals surface area contributed by atoms with Crippen LogP contribution in [0.1, 0.15) is 71.9 Å². The molecule has 1 aliphatic heterocycles. The lowest BCUT2D eigenvalue weighted by molar-refractivity contribution is 0.600. The lowest BCUT2D eigenvalue weighted by Gasteiger charge is -2.28. The van der Waals surface area contributed by atoms with Gasteiger partial charge in [-0.3, -0.25) is 0 Å². The number of allylic oxidation sites excluding steroid dienone is 1. The highest BCUT2D eigenvalue weighted by Gasteiger charge is 2.27. The minimum Gasteiger partial charge on any atom is -0.330 e. The van der Waals surface area contributed by atoms with E-state index in [-0.39, 0.29) is 5.82 Å². The van der Waals surface area contributed by atoms with E-state index in [1.54, 1.807) is 28.7 Å². The number of halogens is 1. The Morgan fingerprint density at radius 1 is 1.06 bits per heavy atom. The molecule has 0 saturated heterocycles. The Balaban J connectivity index is 1.08. The van der Waals surface area contributed by atoms with Gasteiger partial charge < -0.3 is 21.3 Å². The van der Waals surface area contributed by atoms with Gasteiger partial charge in [0.25, 0.3) is 0 Å². The number of para-hydroxylation sites is 1. The summed E-state index contributed by atoms with van der Waals surface area (Å²) in [6.45, 7) is 11.4. The lowest BCUT2D eigenvalue weighted by Crippen LogP contribution is -2.27. The molecule has 0 fully saturated rings. The largest absolute Gasteiger partial charge is 0.330 e. The van der Waals surface area contributed by atoms with Gasteiger partial charge in [0.15, 0.2) is 21.9 Å². The van der Waals surface area contributed by atoms with E-state index in [0.29, 0.717) is 25.1 Å². The molecular formula is C38H43FN8S2. The lowest BCUT2D eigenvalue weighted by atomic mass is 10.0. The molecule has 11 heteroatoms. The summed E-state index contributed by atoms with van der Waals surface area (Å²) < 4.78 is 16.0. The van der Waals surface area contributed by atoms with Crippen LogP contribution in [0.4, 0.5) is 26.3 Å². The normalized spacial score (nSPS) is 12.5. The number of anilines is 4. The van der Waals surface area contributed by atoms with E-state index >= 15 is 0 Å². The van der Waals surface area contributed by atoms with Crippen LogP contribution in [-0.4, -0.2) is 46.3 Å². The highest BCUT2D eigenvalue weighted by Crippen LogP contribution is 2.40. The summed E-state index contributed by atoms with van der Waals surface area (Å²) in [5.41, 5.74) is 12.1. The van der Waals surface area contributed by atoms with E-state index in [2.05, 4.69) is 52.0 Å². The molecule has 254 valence electrons. The van der Waals surface area contributed by atoms with Crippen LogP contribution >= 0.6 is 22.7 Å². The average Bonchev–Trinajstić information content (AvgIpc) is 3.72. The predicted molar refractivity (Wildman–Crippen MR) is 203 cm³/mol. The molecule has 4 heterocycles. The number of benzene rings is 2. The summed E-state index contributed by atoms with van der Waals surface area (Å²) in [6.07, 6.45) is 7.31. The summed E-state index contributed by atoms with van der Waals surface area (Å²) in [7, 11) is 0. The molecule has 0 aliphatic carbocycles. The molecular weight excluding hydrogens is 652 g/mol. The third-order valence-corrected chi connectivity index (χ3v) is 10.7. The first-order valence-corrected chi connectivity index (χ1v) is 18.6. The zero-order valence-corrected chi connectivity index (χ0v) is 29.9. The summed E-state index contributed by atoms with van der Waals surface area (Å²) in [6, 6.07) is 13.4. The van der Waals surface area contributed by atoms with Crippen LogP contribution in [0.3, 0.4) is 0 Å². The van der Waals surface area contributed by atoms with Gasteiger partial charge in [-0.1, -0.05) is 48.0 Å². The van der Waals surface area contributed by atoms with Crippen molar-refractivity contribution in [3.05, 3.63) is 87.7 Å². The number of nitrogens with two attached hydrogens (primary N) is 1. The topological polar surface area (TPSA) is 105 Å². The van der Waals surface area contributed by atoms with Crippen LogP contribution in [-0.2, 0) is 19.3 Å². The molecule has 8 nitrogen and oxygen atoms in total. The zero-order chi connectivity index (χ0) is 34.2. The number of unbranched alkanes of at least 4 members (excludes halogenated alkanes) is 2. The van der Waals surface area contributed by atoms with E-state index < -0.39 is 0 Å². The van der Waals surface area contributed by atoms with Gasteiger partial charge in [0.05, 0.1) is 22.5 Å². The van der Waals surface area contributed by atoms with E-state index in [4.69, 9.17) is 20.8 Å². The Bertz CT molecular complexity index is 1960. The average molecular weight is 695 g/mol. The van der Waals surface area contributed by atoms with Crippen molar-refractivity contribution in [2.24, 2.45) is 5.73 Å². The first-order valence-electron chi connectivity index (χ1n) is 17.0. The molecule has 0 atom stereocenters. The minimum absolute atomic E-state index is 0.191. The molecule has 4 N–H and O–H groups in total. The maximum atomic E-state index is 14.9. The number of aryl methyl sites for hydroxylation is 2.